The van der Waals surface area contributed by atoms with Crippen molar-refractivity contribution in [3.05, 3.63) is 17.7 Å². The highest BCUT2D eigenvalue weighted by Gasteiger charge is 2.53. The molecule has 2 aliphatic heterocycles. The van der Waals surface area contributed by atoms with Gasteiger partial charge in [-0.25, -0.2) is 8.78 Å². The molecule has 0 radical (unpaired) electrons. The maximum Gasteiger partial charge on any atom is 0.498 e. The summed E-state index contributed by atoms with van der Waals surface area (Å²) in [6, 6.07) is 1.47. The summed E-state index contributed by atoms with van der Waals surface area (Å²) in [5.41, 5.74) is 3.78. The van der Waals surface area contributed by atoms with Crippen LogP contribution in [0.3, 0.4) is 0 Å². The third-order valence-electron chi connectivity index (χ3n) is 5.23. The number of benzene rings is 1. The van der Waals surface area contributed by atoms with E-state index in [-0.39, 0.29) is 17.8 Å². The van der Waals surface area contributed by atoms with Crippen LogP contribution in [0.5, 0.6) is 0 Å². The van der Waals surface area contributed by atoms with Gasteiger partial charge in [-0.3, -0.25) is 5.01 Å². The molecule has 0 aromatic heterocycles. The zero-order valence-corrected chi connectivity index (χ0v) is 15.3. The van der Waals surface area contributed by atoms with Gasteiger partial charge in [0.05, 0.1) is 29.0 Å². The number of halogens is 2. The van der Waals surface area contributed by atoms with E-state index < -0.39 is 35.5 Å². The molecule has 25 heavy (non-hydrogen) atoms. The minimum Gasteiger partial charge on any atom is -0.399 e. The largest absolute Gasteiger partial charge is 0.498 e. The van der Waals surface area contributed by atoms with Gasteiger partial charge in [0, 0.05) is 5.46 Å². The molecule has 1 aromatic carbocycles. The van der Waals surface area contributed by atoms with Crippen LogP contribution in [-0.2, 0) is 9.31 Å². The zero-order valence-electron chi connectivity index (χ0n) is 15.3. The smallest absolute Gasteiger partial charge is 0.399 e. The fourth-order valence-corrected chi connectivity index (χ4v) is 2.79. The predicted octanol–water partition coefficient (Wildman–Crippen LogP) is 1.69. The second-order valence-corrected chi connectivity index (χ2v) is 8.12. The standard InChI is InChI=1S/C16H24BF2N3O3/c1-14(2,8-23)22-13-10(20-21-22)7-9(11(18)12(13)19)17-24-15(3,4)16(5,6)25-17/h7,20-21,23H,8H2,1-6H3. The Morgan fingerprint density at radius 2 is 1.72 bits per heavy atom. The lowest BCUT2D eigenvalue weighted by Gasteiger charge is -2.34. The average Bonchev–Trinajstić information content (AvgIpc) is 3.02. The summed E-state index contributed by atoms with van der Waals surface area (Å²) in [5, 5.41) is 10.9. The molecule has 0 atom stereocenters. The molecule has 9 heteroatoms. The number of rotatable bonds is 3. The quantitative estimate of drug-likeness (QED) is 0.718. The maximum absolute atomic E-state index is 14.8. The van der Waals surface area contributed by atoms with Crippen LogP contribution in [0.1, 0.15) is 41.5 Å². The van der Waals surface area contributed by atoms with Crippen molar-refractivity contribution in [2.75, 3.05) is 17.0 Å². The molecule has 6 nitrogen and oxygen atoms in total. The van der Waals surface area contributed by atoms with E-state index in [0.29, 0.717) is 5.69 Å². The first-order valence-electron chi connectivity index (χ1n) is 8.21. The Kier molecular flexibility index (Phi) is 4.07. The summed E-state index contributed by atoms with van der Waals surface area (Å²) >= 11 is 0. The second kappa shape index (κ2) is 5.54. The van der Waals surface area contributed by atoms with Crippen LogP contribution in [0, 0.1) is 11.6 Å². The van der Waals surface area contributed by atoms with E-state index in [1.54, 1.807) is 13.8 Å². The number of hydrogen-bond acceptors (Lipinski definition) is 6. The second-order valence-electron chi connectivity index (χ2n) is 8.12. The van der Waals surface area contributed by atoms with Gasteiger partial charge >= 0.3 is 7.12 Å². The van der Waals surface area contributed by atoms with Crippen molar-refractivity contribution in [2.24, 2.45) is 0 Å². The summed E-state index contributed by atoms with van der Waals surface area (Å²) in [4.78, 5) is 0. The molecule has 0 spiro atoms. The van der Waals surface area contributed by atoms with E-state index in [0.717, 1.165) is 0 Å². The normalized spacial score (nSPS) is 21.5. The molecule has 3 N–H and O–H groups in total. The molecule has 2 heterocycles. The van der Waals surface area contributed by atoms with Crippen LogP contribution in [0.2, 0.25) is 0 Å². The predicted molar refractivity (Wildman–Crippen MR) is 92.5 cm³/mol. The summed E-state index contributed by atoms with van der Waals surface area (Å²) in [6.45, 7) is 10.5. The molecule has 3 rings (SSSR count). The van der Waals surface area contributed by atoms with Crippen LogP contribution in [-0.4, -0.2) is 35.6 Å². The van der Waals surface area contributed by atoms with E-state index in [4.69, 9.17) is 9.31 Å². The van der Waals surface area contributed by atoms with E-state index in [1.165, 1.54) is 11.1 Å². The number of nitrogens with zero attached hydrogens (tertiary/aromatic N) is 1. The van der Waals surface area contributed by atoms with Gasteiger partial charge < -0.3 is 19.8 Å². The number of hydrazine groups is 2. The minimum atomic E-state index is -1.03. The lowest BCUT2D eigenvalue weighted by Crippen LogP contribution is -2.53. The third kappa shape index (κ3) is 2.70. The molecule has 2 aliphatic rings. The summed E-state index contributed by atoms with van der Waals surface area (Å²) in [6.07, 6.45) is 0. The molecule has 1 fully saturated rings. The number of nitrogens with one attached hydrogen (secondary N) is 2. The topological polar surface area (TPSA) is 66.0 Å². The SMILES string of the molecule is CC(C)(CO)N1NNc2cc(B3OC(C)(C)C(C)(C)O3)c(F)c(F)c21. The number of anilines is 2. The van der Waals surface area contributed by atoms with Gasteiger partial charge in [-0.05, 0) is 47.6 Å². The molecule has 1 saturated heterocycles. The Balaban J connectivity index is 2.03. The first kappa shape index (κ1) is 18.4. The Bertz CT molecular complexity index is 696. The third-order valence-corrected chi connectivity index (χ3v) is 5.23. The van der Waals surface area contributed by atoms with Crippen LogP contribution in [0.25, 0.3) is 0 Å². The van der Waals surface area contributed by atoms with Gasteiger partial charge in [-0.15, -0.1) is 5.53 Å². The number of aliphatic hydroxyl groups is 1. The van der Waals surface area contributed by atoms with Crippen LogP contribution in [0.4, 0.5) is 20.2 Å². The molecule has 138 valence electrons. The molecule has 0 aliphatic carbocycles. The number of hydrogen-bond donors (Lipinski definition) is 3. The molecular formula is C16H24BF2N3O3. The molecule has 0 amide bonds. The Labute approximate surface area is 146 Å². The highest BCUT2D eigenvalue weighted by atomic mass is 19.2. The fourth-order valence-electron chi connectivity index (χ4n) is 2.79. The molecule has 0 bridgehead atoms. The molecule has 1 aromatic rings. The maximum atomic E-state index is 14.8. The van der Waals surface area contributed by atoms with Gasteiger partial charge in [0.15, 0.2) is 11.6 Å². The molecule has 0 saturated carbocycles. The van der Waals surface area contributed by atoms with Crippen molar-refractivity contribution in [1.29, 1.82) is 0 Å². The van der Waals surface area contributed by atoms with Crippen molar-refractivity contribution in [3.8, 4) is 0 Å². The van der Waals surface area contributed by atoms with Crippen molar-refractivity contribution in [1.82, 2.24) is 5.53 Å². The van der Waals surface area contributed by atoms with Crippen molar-refractivity contribution >= 4 is 24.0 Å². The summed E-state index contributed by atoms with van der Waals surface area (Å²) < 4.78 is 41.3. The highest BCUT2D eigenvalue weighted by Crippen LogP contribution is 2.40. The van der Waals surface area contributed by atoms with Crippen LogP contribution >= 0.6 is 0 Å². The van der Waals surface area contributed by atoms with E-state index in [9.17, 15) is 13.9 Å². The van der Waals surface area contributed by atoms with Crippen molar-refractivity contribution < 1.29 is 23.2 Å². The monoisotopic (exact) mass is 355 g/mol. The van der Waals surface area contributed by atoms with Gasteiger partial charge in [0.1, 0.15) is 5.69 Å². The molecule has 0 unspecified atom stereocenters. The van der Waals surface area contributed by atoms with E-state index in [2.05, 4.69) is 11.0 Å². The minimum absolute atomic E-state index is 0.00662. The zero-order chi connectivity index (χ0) is 18.8. The van der Waals surface area contributed by atoms with Crippen molar-refractivity contribution in [2.45, 2.75) is 58.3 Å². The number of fused-ring (bicyclic) bond motifs is 1. The highest BCUT2D eigenvalue weighted by molar-refractivity contribution is 6.62. The Hall–Kier alpha value is -1.42. The fraction of sp³-hybridized carbons (Fsp3) is 0.625. The summed E-state index contributed by atoms with van der Waals surface area (Å²) in [7, 11) is -1.01. The van der Waals surface area contributed by atoms with Gasteiger partial charge in [-0.2, -0.15) is 0 Å². The van der Waals surface area contributed by atoms with Crippen molar-refractivity contribution in [3.63, 3.8) is 0 Å². The lowest BCUT2D eigenvalue weighted by atomic mass is 9.78. The lowest BCUT2D eigenvalue weighted by molar-refractivity contribution is 0.00578. The van der Waals surface area contributed by atoms with E-state index >= 15 is 0 Å². The van der Waals surface area contributed by atoms with Gasteiger partial charge in [-0.1, -0.05) is 0 Å². The summed E-state index contributed by atoms with van der Waals surface area (Å²) in [5.74, 6) is -2.05. The van der Waals surface area contributed by atoms with Gasteiger partial charge in [0.25, 0.3) is 0 Å². The van der Waals surface area contributed by atoms with Crippen LogP contribution < -0.4 is 21.4 Å². The average molecular weight is 355 g/mol. The number of aliphatic hydroxyl groups excluding tert-OH is 1. The Morgan fingerprint density at radius 3 is 2.24 bits per heavy atom. The van der Waals surface area contributed by atoms with E-state index in [1.807, 2.05) is 27.7 Å². The van der Waals surface area contributed by atoms with Crippen LogP contribution in [0.15, 0.2) is 6.07 Å². The Morgan fingerprint density at radius 1 is 1.16 bits per heavy atom. The van der Waals surface area contributed by atoms with Gasteiger partial charge in [0.2, 0.25) is 0 Å². The first-order valence-corrected chi connectivity index (χ1v) is 8.21. The first-order chi connectivity index (χ1) is 11.4. The molecular weight excluding hydrogens is 331 g/mol.